The van der Waals surface area contributed by atoms with Crippen LogP contribution in [0.2, 0.25) is 0 Å². The number of carboxylic acids is 1. The third-order valence-corrected chi connectivity index (χ3v) is 2.21. The molecule has 0 aromatic carbocycles. The highest BCUT2D eigenvalue weighted by Crippen LogP contribution is 2.24. The lowest BCUT2D eigenvalue weighted by Crippen LogP contribution is -2.19. The van der Waals surface area contributed by atoms with Crippen molar-refractivity contribution in [3.8, 4) is 5.88 Å². The maximum Gasteiger partial charge on any atom is 0.574 e. The van der Waals surface area contributed by atoms with Gasteiger partial charge in [-0.2, -0.15) is 0 Å². The number of carboxylic acid groups (broad SMARTS) is 1. The molecule has 5 nitrogen and oxygen atoms in total. The Morgan fingerprint density at radius 1 is 1.56 bits per heavy atom. The van der Waals surface area contributed by atoms with Gasteiger partial charge < -0.3 is 15.6 Å². The molecule has 18 heavy (non-hydrogen) atoms. The molecule has 0 saturated heterocycles. The molecule has 0 saturated carbocycles. The molecule has 0 aliphatic heterocycles. The summed E-state index contributed by atoms with van der Waals surface area (Å²) in [4.78, 5) is 14.2. The predicted octanol–water partition coefficient (Wildman–Crippen LogP) is 1.37. The Labute approximate surface area is 100 Å². The average Bonchev–Trinajstić information content (AvgIpc) is 2.19. The van der Waals surface area contributed by atoms with Crippen molar-refractivity contribution < 1.29 is 27.8 Å². The SMILES string of the molecule is Cc1c(CC(=O)O)cc(OC(F)(F)F)nc1CN. The number of carbonyl (C=O) groups is 1. The highest BCUT2D eigenvalue weighted by molar-refractivity contribution is 5.71. The van der Waals surface area contributed by atoms with Gasteiger partial charge in [0.25, 0.3) is 0 Å². The topological polar surface area (TPSA) is 85.4 Å². The van der Waals surface area contributed by atoms with E-state index < -0.39 is 24.6 Å². The summed E-state index contributed by atoms with van der Waals surface area (Å²) in [6.45, 7) is 1.44. The van der Waals surface area contributed by atoms with Gasteiger partial charge in [-0.1, -0.05) is 0 Å². The molecule has 0 spiro atoms. The minimum atomic E-state index is -4.88. The molecule has 0 aliphatic rings. The smallest absolute Gasteiger partial charge is 0.481 e. The number of alkyl halides is 3. The molecule has 0 bridgehead atoms. The first-order valence-electron chi connectivity index (χ1n) is 4.90. The van der Waals surface area contributed by atoms with Crippen LogP contribution < -0.4 is 10.5 Å². The van der Waals surface area contributed by atoms with Gasteiger partial charge in [-0.3, -0.25) is 4.79 Å². The van der Waals surface area contributed by atoms with Crippen LogP contribution in [0.5, 0.6) is 5.88 Å². The van der Waals surface area contributed by atoms with Crippen molar-refractivity contribution in [3.63, 3.8) is 0 Å². The van der Waals surface area contributed by atoms with E-state index in [0.29, 0.717) is 5.56 Å². The van der Waals surface area contributed by atoms with Crippen LogP contribution in [0.4, 0.5) is 13.2 Å². The summed E-state index contributed by atoms with van der Waals surface area (Å²) in [6, 6.07) is 0.954. The molecular weight excluding hydrogens is 253 g/mol. The Hall–Kier alpha value is -1.83. The molecular formula is C10H11F3N2O3. The normalized spacial score (nSPS) is 11.4. The quantitative estimate of drug-likeness (QED) is 0.857. The molecule has 1 aromatic rings. The average molecular weight is 264 g/mol. The van der Waals surface area contributed by atoms with Crippen LogP contribution in [-0.4, -0.2) is 22.4 Å². The zero-order valence-corrected chi connectivity index (χ0v) is 9.41. The van der Waals surface area contributed by atoms with Crippen molar-refractivity contribution in [2.45, 2.75) is 26.3 Å². The van der Waals surface area contributed by atoms with Crippen molar-refractivity contribution in [1.29, 1.82) is 0 Å². The first kappa shape index (κ1) is 14.2. The Morgan fingerprint density at radius 3 is 2.61 bits per heavy atom. The number of aliphatic carboxylic acids is 1. The van der Waals surface area contributed by atoms with E-state index in [0.717, 1.165) is 6.07 Å². The number of nitrogens with two attached hydrogens (primary N) is 1. The van der Waals surface area contributed by atoms with Crippen LogP contribution in [0.25, 0.3) is 0 Å². The fourth-order valence-corrected chi connectivity index (χ4v) is 1.41. The molecule has 0 fully saturated rings. The molecule has 0 amide bonds. The first-order chi connectivity index (χ1) is 8.23. The maximum atomic E-state index is 12.1. The second kappa shape index (κ2) is 5.21. The second-order valence-electron chi connectivity index (χ2n) is 3.51. The summed E-state index contributed by atoms with van der Waals surface area (Å²) in [5, 5.41) is 8.66. The number of pyridine rings is 1. The van der Waals surface area contributed by atoms with E-state index in [1.165, 1.54) is 0 Å². The van der Waals surface area contributed by atoms with Crippen LogP contribution in [0.15, 0.2) is 6.07 Å². The molecule has 0 radical (unpaired) electrons. The number of hydrogen-bond acceptors (Lipinski definition) is 4. The zero-order valence-electron chi connectivity index (χ0n) is 9.41. The van der Waals surface area contributed by atoms with E-state index in [4.69, 9.17) is 10.8 Å². The zero-order chi connectivity index (χ0) is 13.9. The van der Waals surface area contributed by atoms with E-state index in [2.05, 4.69) is 9.72 Å². The Kier molecular flexibility index (Phi) is 4.12. The van der Waals surface area contributed by atoms with Gasteiger partial charge in [-0.15, -0.1) is 13.2 Å². The molecule has 1 heterocycles. The fraction of sp³-hybridized carbons (Fsp3) is 0.400. The molecule has 1 rings (SSSR count). The van der Waals surface area contributed by atoms with E-state index in [-0.39, 0.29) is 17.8 Å². The second-order valence-corrected chi connectivity index (χ2v) is 3.51. The van der Waals surface area contributed by atoms with Crippen molar-refractivity contribution >= 4 is 5.97 Å². The van der Waals surface area contributed by atoms with Gasteiger partial charge in [0.2, 0.25) is 5.88 Å². The van der Waals surface area contributed by atoms with Crippen LogP contribution in [0, 0.1) is 6.92 Å². The Balaban J connectivity index is 3.17. The van der Waals surface area contributed by atoms with Gasteiger partial charge in [0.15, 0.2) is 0 Å². The van der Waals surface area contributed by atoms with Crippen molar-refractivity contribution in [2.75, 3.05) is 0 Å². The number of nitrogens with zero attached hydrogens (tertiary/aromatic N) is 1. The van der Waals surface area contributed by atoms with Gasteiger partial charge in [-0.05, 0) is 18.1 Å². The third-order valence-electron chi connectivity index (χ3n) is 2.21. The lowest BCUT2D eigenvalue weighted by Gasteiger charge is -2.13. The summed E-state index contributed by atoms with van der Waals surface area (Å²) in [5.74, 6) is -1.87. The first-order valence-corrected chi connectivity index (χ1v) is 4.90. The van der Waals surface area contributed by atoms with E-state index >= 15 is 0 Å². The van der Waals surface area contributed by atoms with Crippen molar-refractivity contribution in [3.05, 3.63) is 22.9 Å². The van der Waals surface area contributed by atoms with Crippen LogP contribution in [0.3, 0.4) is 0 Å². The van der Waals surface area contributed by atoms with Gasteiger partial charge >= 0.3 is 12.3 Å². The molecule has 3 N–H and O–H groups in total. The summed E-state index contributed by atoms with van der Waals surface area (Å²) in [7, 11) is 0. The molecule has 8 heteroatoms. The van der Waals surface area contributed by atoms with E-state index in [9.17, 15) is 18.0 Å². The number of ether oxygens (including phenoxy) is 1. The lowest BCUT2D eigenvalue weighted by molar-refractivity contribution is -0.276. The maximum absolute atomic E-state index is 12.1. The molecule has 0 atom stereocenters. The fourth-order valence-electron chi connectivity index (χ4n) is 1.41. The summed E-state index contributed by atoms with van der Waals surface area (Å²) in [6.07, 6.45) is -5.30. The highest BCUT2D eigenvalue weighted by atomic mass is 19.4. The largest absolute Gasteiger partial charge is 0.574 e. The van der Waals surface area contributed by atoms with Crippen molar-refractivity contribution in [1.82, 2.24) is 4.98 Å². The van der Waals surface area contributed by atoms with Gasteiger partial charge in [-0.25, -0.2) is 4.98 Å². The predicted molar refractivity (Wildman–Crippen MR) is 54.9 cm³/mol. The molecule has 1 aromatic heterocycles. The van der Waals surface area contributed by atoms with Crippen LogP contribution >= 0.6 is 0 Å². The summed E-state index contributed by atoms with van der Waals surface area (Å²) < 4.78 is 39.8. The Morgan fingerprint density at radius 2 is 2.17 bits per heavy atom. The van der Waals surface area contributed by atoms with Crippen LogP contribution in [0.1, 0.15) is 16.8 Å². The third kappa shape index (κ3) is 3.88. The molecule has 0 unspecified atom stereocenters. The molecule has 0 aliphatic carbocycles. The number of rotatable bonds is 4. The summed E-state index contributed by atoms with van der Waals surface area (Å²) in [5.41, 5.74) is 6.16. The van der Waals surface area contributed by atoms with E-state index in [1.807, 2.05) is 0 Å². The highest BCUT2D eigenvalue weighted by Gasteiger charge is 2.32. The number of aromatic nitrogens is 1. The van der Waals surface area contributed by atoms with Gasteiger partial charge in [0, 0.05) is 12.6 Å². The van der Waals surface area contributed by atoms with Crippen molar-refractivity contribution in [2.24, 2.45) is 5.73 Å². The standard InChI is InChI=1S/C10H11F3N2O3/c1-5-6(3-9(16)17)2-8(15-7(5)4-14)18-10(11,12)13/h2H,3-4,14H2,1H3,(H,16,17). The van der Waals surface area contributed by atoms with E-state index in [1.54, 1.807) is 6.92 Å². The minimum absolute atomic E-state index is 0.104. The summed E-state index contributed by atoms with van der Waals surface area (Å²) >= 11 is 0. The van der Waals surface area contributed by atoms with Crippen LogP contribution in [-0.2, 0) is 17.8 Å². The number of halogens is 3. The number of hydrogen-bond donors (Lipinski definition) is 2. The monoisotopic (exact) mass is 264 g/mol. The lowest BCUT2D eigenvalue weighted by atomic mass is 10.0. The van der Waals surface area contributed by atoms with Gasteiger partial charge in [0.05, 0.1) is 12.1 Å². The Bertz CT molecular complexity index is 460. The minimum Gasteiger partial charge on any atom is -0.481 e. The van der Waals surface area contributed by atoms with Gasteiger partial charge in [0.1, 0.15) is 0 Å². The molecule has 100 valence electrons.